The second-order valence-corrected chi connectivity index (χ2v) is 8.87. The van der Waals surface area contributed by atoms with Crippen LogP contribution in [0.15, 0.2) is 70.3 Å². The number of carbonyl (C=O) groups is 1. The summed E-state index contributed by atoms with van der Waals surface area (Å²) in [5.74, 6) is 1.18. The van der Waals surface area contributed by atoms with Crippen LogP contribution in [0.3, 0.4) is 0 Å². The predicted octanol–water partition coefficient (Wildman–Crippen LogP) is 5.72. The summed E-state index contributed by atoms with van der Waals surface area (Å²) in [6, 6.07) is 20.0. The predicted molar refractivity (Wildman–Crippen MR) is 124 cm³/mol. The van der Waals surface area contributed by atoms with Crippen molar-refractivity contribution in [1.29, 1.82) is 0 Å². The number of hydrogen-bond donors (Lipinski definition) is 0. The Morgan fingerprint density at radius 2 is 1.60 bits per heavy atom. The molecule has 0 atom stereocenters. The minimum atomic E-state index is 0.0803. The number of Topliss-reactive ketones (excluding diaryl/α,β-unsaturated/α-hetero) is 1. The topological polar surface area (TPSA) is 52.7 Å². The molecule has 0 saturated carbocycles. The van der Waals surface area contributed by atoms with Gasteiger partial charge in [-0.2, -0.15) is 0 Å². The minimum absolute atomic E-state index is 0.0803. The molecule has 4 rings (SSSR count). The molecule has 30 heavy (non-hydrogen) atoms. The van der Waals surface area contributed by atoms with E-state index in [2.05, 4.69) is 30.7 Å². The van der Waals surface area contributed by atoms with Crippen LogP contribution in [0.2, 0.25) is 0 Å². The van der Waals surface area contributed by atoms with E-state index in [0.29, 0.717) is 10.9 Å². The van der Waals surface area contributed by atoms with E-state index >= 15 is 0 Å². The third kappa shape index (κ3) is 4.00. The average Bonchev–Trinajstić information content (AvgIpc) is 3.26. The molecule has 152 valence electrons. The fraction of sp³-hybridized carbons (Fsp3) is 0.174. The average molecular weight is 481 g/mol. The molecule has 0 radical (unpaired) electrons. The van der Waals surface area contributed by atoms with E-state index in [9.17, 15) is 4.79 Å². The molecule has 2 heterocycles. The maximum Gasteiger partial charge on any atom is 0.196 e. The van der Waals surface area contributed by atoms with Crippen molar-refractivity contribution in [2.75, 3.05) is 5.75 Å². The van der Waals surface area contributed by atoms with Gasteiger partial charge in [0, 0.05) is 32.8 Å². The van der Waals surface area contributed by atoms with Crippen LogP contribution in [0.4, 0.5) is 0 Å². The third-order valence-electron chi connectivity index (χ3n) is 4.96. The summed E-state index contributed by atoms with van der Waals surface area (Å²) in [6.07, 6.45) is 0. The summed E-state index contributed by atoms with van der Waals surface area (Å²) < 4.78 is 5.11. The van der Waals surface area contributed by atoms with Gasteiger partial charge in [-0.25, -0.2) is 0 Å². The van der Waals surface area contributed by atoms with Crippen molar-refractivity contribution >= 4 is 33.5 Å². The summed E-state index contributed by atoms with van der Waals surface area (Å²) >= 11 is 4.88. The van der Waals surface area contributed by atoms with Crippen LogP contribution in [-0.2, 0) is 0 Å². The fourth-order valence-corrected chi connectivity index (χ4v) is 4.70. The Labute approximate surface area is 188 Å². The normalized spacial score (nSPS) is 11.1. The molecular weight excluding hydrogens is 460 g/mol. The molecule has 0 N–H and O–H groups in total. The first kappa shape index (κ1) is 20.6. The standard InChI is InChI=1S/C23H21BrN4OS/c1-15-13-21(16(2)27(15)20-11-9-18(24)10-12-20)22(29)14-30-23-26-25-17(3)28(23)19-7-5-4-6-8-19/h4-13H,14H2,1-3H3. The maximum absolute atomic E-state index is 13.0. The van der Waals surface area contributed by atoms with Crippen LogP contribution < -0.4 is 0 Å². The summed E-state index contributed by atoms with van der Waals surface area (Å²) in [5, 5.41) is 9.19. The summed E-state index contributed by atoms with van der Waals surface area (Å²) in [4.78, 5) is 13.0. The number of rotatable bonds is 6. The van der Waals surface area contributed by atoms with Crippen LogP contribution in [0.25, 0.3) is 11.4 Å². The van der Waals surface area contributed by atoms with Crippen LogP contribution in [0.5, 0.6) is 0 Å². The monoisotopic (exact) mass is 480 g/mol. The van der Waals surface area contributed by atoms with Crippen molar-refractivity contribution in [3.05, 3.63) is 87.9 Å². The Morgan fingerprint density at radius 3 is 2.30 bits per heavy atom. The number of halogens is 1. The SMILES string of the molecule is Cc1cc(C(=O)CSc2nnc(C)n2-c2ccccc2)c(C)n1-c1ccc(Br)cc1. The number of benzene rings is 2. The Balaban J connectivity index is 1.57. The number of nitrogens with zero attached hydrogens (tertiary/aromatic N) is 4. The van der Waals surface area contributed by atoms with E-state index < -0.39 is 0 Å². The van der Waals surface area contributed by atoms with Crippen molar-refractivity contribution in [1.82, 2.24) is 19.3 Å². The molecular formula is C23H21BrN4OS. The first-order chi connectivity index (χ1) is 14.5. The summed E-state index contributed by atoms with van der Waals surface area (Å²) in [7, 11) is 0. The molecule has 0 spiro atoms. The molecule has 0 amide bonds. The minimum Gasteiger partial charge on any atom is -0.318 e. The van der Waals surface area contributed by atoms with Crippen LogP contribution in [-0.4, -0.2) is 30.9 Å². The van der Waals surface area contributed by atoms with Gasteiger partial charge >= 0.3 is 0 Å². The quantitative estimate of drug-likeness (QED) is 0.261. The van der Waals surface area contributed by atoms with Crippen molar-refractivity contribution in [2.24, 2.45) is 0 Å². The highest BCUT2D eigenvalue weighted by atomic mass is 79.9. The molecule has 2 aromatic heterocycles. The number of aryl methyl sites for hydroxylation is 2. The third-order valence-corrected chi connectivity index (χ3v) is 6.42. The summed E-state index contributed by atoms with van der Waals surface area (Å²) in [6.45, 7) is 5.93. The molecule has 7 heteroatoms. The van der Waals surface area contributed by atoms with Crippen molar-refractivity contribution in [3.63, 3.8) is 0 Å². The molecule has 0 aliphatic rings. The molecule has 0 aliphatic heterocycles. The number of para-hydroxylation sites is 1. The van der Waals surface area contributed by atoms with E-state index in [-0.39, 0.29) is 5.78 Å². The zero-order valence-electron chi connectivity index (χ0n) is 17.0. The van der Waals surface area contributed by atoms with Crippen molar-refractivity contribution in [3.8, 4) is 11.4 Å². The second kappa shape index (κ2) is 8.62. The van der Waals surface area contributed by atoms with E-state index in [1.807, 2.05) is 86.0 Å². The lowest BCUT2D eigenvalue weighted by Gasteiger charge is -2.10. The van der Waals surface area contributed by atoms with Gasteiger partial charge in [-0.3, -0.25) is 9.36 Å². The van der Waals surface area contributed by atoms with E-state index in [1.54, 1.807) is 0 Å². The largest absolute Gasteiger partial charge is 0.318 e. The molecule has 0 fully saturated rings. The molecule has 0 unspecified atom stereocenters. The molecule has 5 nitrogen and oxygen atoms in total. The first-order valence-corrected chi connectivity index (χ1v) is 11.3. The second-order valence-electron chi connectivity index (χ2n) is 7.01. The Kier molecular flexibility index (Phi) is 5.92. The van der Waals surface area contributed by atoms with Crippen LogP contribution in [0.1, 0.15) is 27.6 Å². The first-order valence-electron chi connectivity index (χ1n) is 9.54. The smallest absolute Gasteiger partial charge is 0.196 e. The highest BCUT2D eigenvalue weighted by molar-refractivity contribution is 9.10. The molecule has 0 aliphatic carbocycles. The number of thioether (sulfide) groups is 1. The Bertz CT molecular complexity index is 1200. The van der Waals surface area contributed by atoms with Crippen LogP contribution >= 0.6 is 27.7 Å². The molecule has 2 aromatic carbocycles. The maximum atomic E-state index is 13.0. The van der Waals surface area contributed by atoms with Crippen molar-refractivity contribution < 1.29 is 4.79 Å². The molecule has 0 saturated heterocycles. The fourth-order valence-electron chi connectivity index (χ4n) is 3.55. The van der Waals surface area contributed by atoms with E-state index in [1.165, 1.54) is 11.8 Å². The van der Waals surface area contributed by atoms with Gasteiger partial charge in [0.2, 0.25) is 0 Å². The van der Waals surface area contributed by atoms with E-state index in [0.717, 1.165) is 38.6 Å². The van der Waals surface area contributed by atoms with Gasteiger partial charge in [-0.1, -0.05) is 45.9 Å². The van der Waals surface area contributed by atoms with Gasteiger partial charge in [0.1, 0.15) is 5.82 Å². The molecule has 4 aromatic rings. The highest BCUT2D eigenvalue weighted by Crippen LogP contribution is 2.26. The van der Waals surface area contributed by atoms with Gasteiger partial charge < -0.3 is 4.57 Å². The number of carbonyl (C=O) groups excluding carboxylic acids is 1. The Hall–Kier alpha value is -2.64. The van der Waals surface area contributed by atoms with Gasteiger partial charge in [0.25, 0.3) is 0 Å². The Morgan fingerprint density at radius 1 is 0.933 bits per heavy atom. The lowest BCUT2D eigenvalue weighted by molar-refractivity contribution is 0.102. The van der Waals surface area contributed by atoms with Gasteiger partial charge in [0.05, 0.1) is 5.75 Å². The number of hydrogen-bond acceptors (Lipinski definition) is 4. The van der Waals surface area contributed by atoms with Crippen LogP contribution in [0, 0.1) is 20.8 Å². The number of aromatic nitrogens is 4. The van der Waals surface area contributed by atoms with Gasteiger partial charge in [-0.05, 0) is 63.2 Å². The van der Waals surface area contributed by atoms with E-state index in [4.69, 9.17) is 0 Å². The zero-order valence-corrected chi connectivity index (χ0v) is 19.4. The lowest BCUT2D eigenvalue weighted by atomic mass is 10.2. The zero-order chi connectivity index (χ0) is 21.3. The van der Waals surface area contributed by atoms with Gasteiger partial charge in [-0.15, -0.1) is 10.2 Å². The van der Waals surface area contributed by atoms with Crippen molar-refractivity contribution in [2.45, 2.75) is 25.9 Å². The number of ketones is 1. The summed E-state index contributed by atoms with van der Waals surface area (Å²) in [5.41, 5.74) is 4.75. The lowest BCUT2D eigenvalue weighted by Crippen LogP contribution is -2.07. The highest BCUT2D eigenvalue weighted by Gasteiger charge is 2.19. The van der Waals surface area contributed by atoms with Gasteiger partial charge in [0.15, 0.2) is 10.9 Å². The molecule has 0 bridgehead atoms.